The van der Waals surface area contributed by atoms with Crippen molar-refractivity contribution in [3.8, 4) is 0 Å². The lowest BCUT2D eigenvalue weighted by Gasteiger charge is -2.23. The molecule has 0 aliphatic heterocycles. The van der Waals surface area contributed by atoms with Gasteiger partial charge in [0.25, 0.3) is 0 Å². The zero-order valence-corrected chi connectivity index (χ0v) is 12.7. The van der Waals surface area contributed by atoms with E-state index in [1.807, 2.05) is 11.3 Å². The van der Waals surface area contributed by atoms with E-state index < -0.39 is 0 Å². The second-order valence-corrected chi connectivity index (χ2v) is 6.66. The van der Waals surface area contributed by atoms with E-state index in [1.54, 1.807) is 0 Å². The molecular weight excluding hydrogens is 256 g/mol. The van der Waals surface area contributed by atoms with Gasteiger partial charge in [0.05, 0.1) is 6.54 Å². The molecule has 19 heavy (non-hydrogen) atoms. The van der Waals surface area contributed by atoms with Crippen molar-refractivity contribution >= 4 is 17.2 Å². The Kier molecular flexibility index (Phi) is 5.40. The molecule has 1 aromatic rings. The largest absolute Gasteiger partial charge is 0.355 e. The Bertz CT molecular complexity index is 414. The highest BCUT2D eigenvalue weighted by Crippen LogP contribution is 2.32. The summed E-state index contributed by atoms with van der Waals surface area (Å²) in [4.78, 5) is 13.2. The normalized spacial score (nSPS) is 18.4. The van der Waals surface area contributed by atoms with Crippen molar-refractivity contribution in [2.45, 2.75) is 45.6 Å². The van der Waals surface area contributed by atoms with Crippen molar-refractivity contribution in [3.63, 3.8) is 0 Å². The van der Waals surface area contributed by atoms with Crippen LogP contribution in [0.1, 0.15) is 49.6 Å². The predicted octanol–water partition coefficient (Wildman–Crippen LogP) is 2.88. The summed E-state index contributed by atoms with van der Waals surface area (Å²) < 4.78 is 0. The molecule has 0 saturated carbocycles. The maximum Gasteiger partial charge on any atom is 0.233 e. The minimum Gasteiger partial charge on any atom is -0.355 e. The number of carbonyl (C=O) groups excluding carboxylic acids is 1. The van der Waals surface area contributed by atoms with Crippen LogP contribution in [0.2, 0.25) is 0 Å². The highest BCUT2D eigenvalue weighted by Gasteiger charge is 2.21. The van der Waals surface area contributed by atoms with Gasteiger partial charge in [-0.05, 0) is 48.6 Å². The van der Waals surface area contributed by atoms with Crippen molar-refractivity contribution in [3.05, 3.63) is 21.9 Å². The molecule has 0 fully saturated rings. The standard InChI is InChI=1S/C15H24N2OS/c1-11(2)6-8-16-15(18)10-17-13-4-3-5-14-12(13)7-9-19-14/h7,9,11,13,17H,3-6,8,10H2,1-2H3,(H,16,18). The molecule has 1 amide bonds. The zero-order valence-electron chi connectivity index (χ0n) is 11.9. The fraction of sp³-hybridized carbons (Fsp3) is 0.667. The Balaban J connectivity index is 1.73. The van der Waals surface area contributed by atoms with Gasteiger partial charge in [-0.1, -0.05) is 13.8 Å². The van der Waals surface area contributed by atoms with Gasteiger partial charge in [-0.3, -0.25) is 4.79 Å². The number of nitrogens with one attached hydrogen (secondary N) is 2. The van der Waals surface area contributed by atoms with Gasteiger partial charge in [0, 0.05) is 17.5 Å². The van der Waals surface area contributed by atoms with Crippen molar-refractivity contribution in [1.82, 2.24) is 10.6 Å². The summed E-state index contributed by atoms with van der Waals surface area (Å²) in [6.45, 7) is 5.56. The van der Waals surface area contributed by atoms with Gasteiger partial charge in [0.1, 0.15) is 0 Å². The van der Waals surface area contributed by atoms with Crippen LogP contribution in [0.25, 0.3) is 0 Å². The van der Waals surface area contributed by atoms with Crippen LogP contribution >= 0.6 is 11.3 Å². The Labute approximate surface area is 119 Å². The lowest BCUT2D eigenvalue weighted by molar-refractivity contribution is -0.120. The molecule has 1 atom stereocenters. The molecule has 1 heterocycles. The minimum absolute atomic E-state index is 0.114. The maximum atomic E-state index is 11.7. The first-order valence-corrected chi connectivity index (χ1v) is 8.11. The van der Waals surface area contributed by atoms with E-state index in [1.165, 1.54) is 23.3 Å². The Morgan fingerprint density at radius 3 is 3.16 bits per heavy atom. The molecule has 0 aromatic carbocycles. The van der Waals surface area contributed by atoms with Crippen molar-refractivity contribution in [1.29, 1.82) is 0 Å². The number of aryl methyl sites for hydroxylation is 1. The van der Waals surface area contributed by atoms with Crippen molar-refractivity contribution in [2.24, 2.45) is 5.92 Å². The Hall–Kier alpha value is -0.870. The zero-order chi connectivity index (χ0) is 13.7. The first kappa shape index (κ1) is 14.5. The molecule has 1 aliphatic rings. The second-order valence-electron chi connectivity index (χ2n) is 5.66. The molecule has 2 N–H and O–H groups in total. The van der Waals surface area contributed by atoms with Crippen LogP contribution in [0.4, 0.5) is 0 Å². The first-order valence-electron chi connectivity index (χ1n) is 7.23. The van der Waals surface area contributed by atoms with Gasteiger partial charge in [-0.25, -0.2) is 0 Å². The van der Waals surface area contributed by atoms with Gasteiger partial charge in [0.15, 0.2) is 0 Å². The van der Waals surface area contributed by atoms with E-state index in [0.29, 0.717) is 18.5 Å². The van der Waals surface area contributed by atoms with Gasteiger partial charge < -0.3 is 10.6 Å². The smallest absolute Gasteiger partial charge is 0.233 e. The van der Waals surface area contributed by atoms with Crippen LogP contribution in [0, 0.1) is 5.92 Å². The lowest BCUT2D eigenvalue weighted by Crippen LogP contribution is -2.37. The van der Waals surface area contributed by atoms with E-state index in [9.17, 15) is 4.79 Å². The van der Waals surface area contributed by atoms with Crippen LogP contribution in [-0.4, -0.2) is 19.0 Å². The fourth-order valence-corrected chi connectivity index (χ4v) is 3.46. The van der Waals surface area contributed by atoms with E-state index in [2.05, 4.69) is 35.9 Å². The van der Waals surface area contributed by atoms with Crippen molar-refractivity contribution < 1.29 is 4.79 Å². The van der Waals surface area contributed by atoms with Crippen LogP contribution in [-0.2, 0) is 11.2 Å². The van der Waals surface area contributed by atoms with E-state index >= 15 is 0 Å². The molecule has 1 aromatic heterocycles. The third-order valence-corrected chi connectivity index (χ3v) is 4.60. The summed E-state index contributed by atoms with van der Waals surface area (Å²) >= 11 is 1.84. The van der Waals surface area contributed by atoms with E-state index in [4.69, 9.17) is 0 Å². The molecule has 2 rings (SSSR count). The number of hydrogen-bond acceptors (Lipinski definition) is 3. The Morgan fingerprint density at radius 1 is 1.53 bits per heavy atom. The molecule has 1 unspecified atom stereocenters. The van der Waals surface area contributed by atoms with E-state index in [0.717, 1.165) is 19.4 Å². The van der Waals surface area contributed by atoms with Crippen LogP contribution in [0.5, 0.6) is 0 Å². The summed E-state index contributed by atoms with van der Waals surface area (Å²) in [5.74, 6) is 0.753. The summed E-state index contributed by atoms with van der Waals surface area (Å²) in [5, 5.41) is 8.53. The summed E-state index contributed by atoms with van der Waals surface area (Å²) in [6, 6.07) is 2.57. The van der Waals surface area contributed by atoms with Crippen LogP contribution in [0.15, 0.2) is 11.4 Å². The first-order chi connectivity index (χ1) is 9.16. The number of rotatable bonds is 6. The highest BCUT2D eigenvalue weighted by molar-refractivity contribution is 7.10. The highest BCUT2D eigenvalue weighted by atomic mass is 32.1. The minimum atomic E-state index is 0.114. The lowest BCUT2D eigenvalue weighted by atomic mass is 9.94. The quantitative estimate of drug-likeness (QED) is 0.841. The van der Waals surface area contributed by atoms with Gasteiger partial charge in [-0.15, -0.1) is 11.3 Å². The molecule has 0 saturated heterocycles. The van der Waals surface area contributed by atoms with Gasteiger partial charge in [0.2, 0.25) is 5.91 Å². The molecule has 1 aliphatic carbocycles. The second kappa shape index (κ2) is 7.06. The molecule has 3 nitrogen and oxygen atoms in total. The topological polar surface area (TPSA) is 41.1 Å². The molecule has 106 valence electrons. The summed E-state index contributed by atoms with van der Waals surface area (Å²) in [7, 11) is 0. The van der Waals surface area contributed by atoms with Gasteiger partial charge >= 0.3 is 0 Å². The monoisotopic (exact) mass is 280 g/mol. The number of hydrogen-bond donors (Lipinski definition) is 2. The fourth-order valence-electron chi connectivity index (χ4n) is 2.48. The maximum absolute atomic E-state index is 11.7. The molecule has 4 heteroatoms. The number of fused-ring (bicyclic) bond motifs is 1. The molecule has 0 radical (unpaired) electrons. The SMILES string of the molecule is CC(C)CCNC(=O)CNC1CCCc2sccc21. The third-order valence-electron chi connectivity index (χ3n) is 3.60. The summed E-state index contributed by atoms with van der Waals surface area (Å²) in [5.41, 5.74) is 1.41. The van der Waals surface area contributed by atoms with Gasteiger partial charge in [-0.2, -0.15) is 0 Å². The molecular formula is C15H24N2OS. The average Bonchev–Trinajstić information content (AvgIpc) is 2.84. The number of thiophene rings is 1. The predicted molar refractivity (Wildman–Crippen MR) is 80.5 cm³/mol. The number of amides is 1. The Morgan fingerprint density at radius 2 is 2.37 bits per heavy atom. The number of carbonyl (C=O) groups is 1. The molecule has 0 bridgehead atoms. The van der Waals surface area contributed by atoms with Crippen molar-refractivity contribution in [2.75, 3.05) is 13.1 Å². The summed E-state index contributed by atoms with van der Waals surface area (Å²) in [6.07, 6.45) is 4.61. The molecule has 0 spiro atoms. The van der Waals surface area contributed by atoms with E-state index in [-0.39, 0.29) is 5.91 Å². The van der Waals surface area contributed by atoms with Crippen LogP contribution in [0.3, 0.4) is 0 Å². The van der Waals surface area contributed by atoms with Crippen LogP contribution < -0.4 is 10.6 Å². The average molecular weight is 280 g/mol. The third kappa shape index (κ3) is 4.32.